The van der Waals surface area contributed by atoms with Crippen molar-refractivity contribution in [1.29, 1.82) is 0 Å². The molecule has 0 amide bonds. The summed E-state index contributed by atoms with van der Waals surface area (Å²) in [4.78, 5) is 15.4. The van der Waals surface area contributed by atoms with Crippen LogP contribution in [0.1, 0.15) is 21.5 Å². The number of H-pyrrole nitrogens is 1. The number of hydrogen-bond donors (Lipinski definition) is 2. The summed E-state index contributed by atoms with van der Waals surface area (Å²) in [6.45, 7) is 3.11. The normalized spacial score (nSPS) is 10.9. The molecule has 2 aromatic carbocycles. The fraction of sp³-hybridized carbons (Fsp3) is 0.167. The number of aromatic amines is 1. The zero-order valence-electron chi connectivity index (χ0n) is 12.0. The van der Waals surface area contributed by atoms with Crippen molar-refractivity contribution in [2.45, 2.75) is 13.5 Å². The first-order chi connectivity index (χ1) is 10.2. The number of rotatable bonds is 5. The predicted octanol–water partition coefficient (Wildman–Crippen LogP) is 3.45. The molecule has 0 fully saturated rings. The van der Waals surface area contributed by atoms with Gasteiger partial charge in [-0.25, -0.2) is 0 Å². The smallest absolute Gasteiger partial charge is 0.178 e. The highest BCUT2D eigenvalue weighted by molar-refractivity contribution is 6.08. The van der Waals surface area contributed by atoms with Gasteiger partial charge in [-0.1, -0.05) is 48.0 Å². The van der Waals surface area contributed by atoms with Crippen LogP contribution in [0.15, 0.2) is 54.7 Å². The lowest BCUT2D eigenvalue weighted by atomic mass is 10.1. The summed E-state index contributed by atoms with van der Waals surface area (Å²) in [7, 11) is 0. The number of fused-ring (bicyclic) bond motifs is 1. The minimum atomic E-state index is 0.111. The first-order valence-electron chi connectivity index (χ1n) is 7.09. The van der Waals surface area contributed by atoms with Crippen molar-refractivity contribution in [3.63, 3.8) is 0 Å². The van der Waals surface area contributed by atoms with Gasteiger partial charge in [-0.05, 0) is 18.6 Å². The van der Waals surface area contributed by atoms with E-state index in [2.05, 4.69) is 41.5 Å². The van der Waals surface area contributed by atoms with Crippen LogP contribution in [-0.2, 0) is 6.54 Å². The molecule has 21 heavy (non-hydrogen) atoms. The molecule has 0 saturated heterocycles. The van der Waals surface area contributed by atoms with E-state index in [4.69, 9.17) is 0 Å². The molecule has 2 N–H and O–H groups in total. The number of aryl methyl sites for hydroxylation is 1. The average molecular weight is 278 g/mol. The maximum Gasteiger partial charge on any atom is 0.178 e. The molecule has 0 aliphatic heterocycles. The van der Waals surface area contributed by atoms with E-state index in [0.29, 0.717) is 13.1 Å². The van der Waals surface area contributed by atoms with Crippen molar-refractivity contribution in [1.82, 2.24) is 10.3 Å². The zero-order chi connectivity index (χ0) is 14.7. The Hall–Kier alpha value is -2.39. The van der Waals surface area contributed by atoms with Gasteiger partial charge in [0.1, 0.15) is 0 Å². The highest BCUT2D eigenvalue weighted by Gasteiger charge is 2.10. The number of aromatic nitrogens is 1. The van der Waals surface area contributed by atoms with Gasteiger partial charge in [-0.3, -0.25) is 4.79 Å². The average Bonchev–Trinajstić information content (AvgIpc) is 2.93. The molecule has 1 heterocycles. The predicted molar refractivity (Wildman–Crippen MR) is 85.5 cm³/mol. The van der Waals surface area contributed by atoms with Gasteiger partial charge in [0.05, 0.1) is 6.54 Å². The molecule has 0 unspecified atom stereocenters. The summed E-state index contributed by atoms with van der Waals surface area (Å²) in [5.74, 6) is 0.111. The second-order valence-electron chi connectivity index (χ2n) is 5.26. The minimum Gasteiger partial charge on any atom is -0.360 e. The SMILES string of the molecule is Cc1ccc(CNCC(=O)c2c[nH]c3ccccc23)cc1. The van der Waals surface area contributed by atoms with Crippen molar-refractivity contribution < 1.29 is 4.79 Å². The van der Waals surface area contributed by atoms with Crippen LogP contribution in [-0.4, -0.2) is 17.3 Å². The van der Waals surface area contributed by atoms with Crippen LogP contribution in [0.25, 0.3) is 10.9 Å². The Kier molecular flexibility index (Phi) is 3.84. The van der Waals surface area contributed by atoms with E-state index in [-0.39, 0.29) is 5.78 Å². The Morgan fingerprint density at radius 2 is 1.86 bits per heavy atom. The highest BCUT2D eigenvalue weighted by atomic mass is 16.1. The van der Waals surface area contributed by atoms with Gasteiger partial charge in [0.2, 0.25) is 0 Å². The lowest BCUT2D eigenvalue weighted by Crippen LogP contribution is -2.22. The summed E-state index contributed by atoms with van der Waals surface area (Å²) >= 11 is 0. The molecule has 0 saturated carbocycles. The van der Waals surface area contributed by atoms with E-state index in [1.54, 1.807) is 6.20 Å². The fourth-order valence-electron chi connectivity index (χ4n) is 2.42. The molecule has 3 aromatic rings. The molecule has 0 atom stereocenters. The number of benzene rings is 2. The van der Waals surface area contributed by atoms with Crippen molar-refractivity contribution in [2.75, 3.05) is 6.54 Å². The maximum atomic E-state index is 12.3. The standard InChI is InChI=1S/C18H18N2O/c1-13-6-8-14(9-7-13)10-19-12-18(21)16-11-20-17-5-3-2-4-15(16)17/h2-9,11,19-20H,10,12H2,1H3. The van der Waals surface area contributed by atoms with Gasteiger partial charge >= 0.3 is 0 Å². The minimum absolute atomic E-state index is 0.111. The number of hydrogen-bond acceptors (Lipinski definition) is 2. The molecule has 106 valence electrons. The molecular weight excluding hydrogens is 260 g/mol. The monoisotopic (exact) mass is 278 g/mol. The summed E-state index contributed by atoms with van der Waals surface area (Å²) in [5.41, 5.74) is 4.18. The summed E-state index contributed by atoms with van der Waals surface area (Å²) in [6, 6.07) is 16.2. The number of nitrogens with one attached hydrogen (secondary N) is 2. The number of carbonyl (C=O) groups excluding carboxylic acids is 1. The third-order valence-electron chi connectivity index (χ3n) is 3.62. The topological polar surface area (TPSA) is 44.9 Å². The van der Waals surface area contributed by atoms with Crippen LogP contribution >= 0.6 is 0 Å². The van der Waals surface area contributed by atoms with Gasteiger partial charge in [-0.15, -0.1) is 0 Å². The molecule has 0 aliphatic carbocycles. The molecular formula is C18H18N2O. The van der Waals surface area contributed by atoms with Crippen molar-refractivity contribution in [3.05, 3.63) is 71.4 Å². The fourth-order valence-corrected chi connectivity index (χ4v) is 2.42. The third-order valence-corrected chi connectivity index (χ3v) is 3.62. The van der Waals surface area contributed by atoms with Gasteiger partial charge in [0.15, 0.2) is 5.78 Å². The van der Waals surface area contributed by atoms with E-state index in [9.17, 15) is 4.79 Å². The van der Waals surface area contributed by atoms with Crippen LogP contribution < -0.4 is 5.32 Å². The van der Waals surface area contributed by atoms with Crippen molar-refractivity contribution >= 4 is 16.7 Å². The van der Waals surface area contributed by atoms with Crippen LogP contribution in [0.2, 0.25) is 0 Å². The maximum absolute atomic E-state index is 12.3. The van der Waals surface area contributed by atoms with Gasteiger partial charge in [0, 0.05) is 29.2 Å². The quantitative estimate of drug-likeness (QED) is 0.702. The number of Topliss-reactive ketones (excluding diaryl/α,β-unsaturated/α-hetero) is 1. The molecule has 3 nitrogen and oxygen atoms in total. The first-order valence-corrected chi connectivity index (χ1v) is 7.09. The Balaban J connectivity index is 1.63. The van der Waals surface area contributed by atoms with Gasteiger partial charge in [-0.2, -0.15) is 0 Å². The van der Waals surface area contributed by atoms with E-state index < -0.39 is 0 Å². The van der Waals surface area contributed by atoms with Crippen LogP contribution in [0.3, 0.4) is 0 Å². The van der Waals surface area contributed by atoms with Crippen LogP contribution in [0.4, 0.5) is 0 Å². The van der Waals surface area contributed by atoms with E-state index in [1.807, 2.05) is 24.3 Å². The first kappa shape index (κ1) is 13.6. The van der Waals surface area contributed by atoms with Crippen molar-refractivity contribution in [2.24, 2.45) is 0 Å². The second kappa shape index (κ2) is 5.94. The highest BCUT2D eigenvalue weighted by Crippen LogP contribution is 2.17. The molecule has 3 heteroatoms. The summed E-state index contributed by atoms with van der Waals surface area (Å²) < 4.78 is 0. The Morgan fingerprint density at radius 1 is 1.10 bits per heavy atom. The molecule has 0 aliphatic rings. The van der Waals surface area contributed by atoms with E-state index >= 15 is 0 Å². The van der Waals surface area contributed by atoms with Crippen LogP contribution in [0, 0.1) is 6.92 Å². The summed E-state index contributed by atoms with van der Waals surface area (Å²) in [5, 5.41) is 4.20. The van der Waals surface area contributed by atoms with Crippen LogP contribution in [0.5, 0.6) is 0 Å². The zero-order valence-corrected chi connectivity index (χ0v) is 12.0. The molecule has 0 bridgehead atoms. The number of para-hydroxylation sites is 1. The molecule has 1 aromatic heterocycles. The van der Waals surface area contributed by atoms with E-state index in [1.165, 1.54) is 11.1 Å². The molecule has 3 rings (SSSR count). The largest absolute Gasteiger partial charge is 0.360 e. The van der Waals surface area contributed by atoms with Gasteiger partial charge < -0.3 is 10.3 Å². The Bertz CT molecular complexity index is 756. The Morgan fingerprint density at radius 3 is 2.67 bits per heavy atom. The molecule has 0 radical (unpaired) electrons. The van der Waals surface area contributed by atoms with Crippen molar-refractivity contribution in [3.8, 4) is 0 Å². The molecule has 0 spiro atoms. The Labute approximate surface area is 124 Å². The van der Waals surface area contributed by atoms with Gasteiger partial charge in [0.25, 0.3) is 0 Å². The second-order valence-corrected chi connectivity index (χ2v) is 5.26. The lowest BCUT2D eigenvalue weighted by Gasteiger charge is -2.04. The third kappa shape index (κ3) is 3.03. The lowest BCUT2D eigenvalue weighted by molar-refractivity contribution is 0.0992. The number of ketones is 1. The van der Waals surface area contributed by atoms with E-state index in [0.717, 1.165) is 16.5 Å². The summed E-state index contributed by atoms with van der Waals surface area (Å²) in [6.07, 6.45) is 1.79. The number of carbonyl (C=O) groups is 1.